The van der Waals surface area contributed by atoms with Gasteiger partial charge in [0.25, 0.3) is 0 Å². The molecule has 0 radical (unpaired) electrons. The lowest BCUT2D eigenvalue weighted by Crippen LogP contribution is -2.20. The normalized spacial score (nSPS) is 16.7. The number of anilines is 1. The molecule has 2 heterocycles. The van der Waals surface area contributed by atoms with E-state index in [0.717, 1.165) is 33.9 Å². The van der Waals surface area contributed by atoms with Gasteiger partial charge in [0.15, 0.2) is 0 Å². The number of nitrogens with zero attached hydrogens (tertiary/aromatic N) is 4. The third kappa shape index (κ3) is 3.57. The Morgan fingerprint density at radius 1 is 1.07 bits per heavy atom. The monoisotopic (exact) mass is 425 g/mol. The Bertz CT molecular complexity index is 1230. The molecule has 0 amide bonds. The topological polar surface area (TPSA) is 114 Å². The zero-order valence-corrected chi connectivity index (χ0v) is 17.8. The summed E-state index contributed by atoms with van der Waals surface area (Å²) in [5.41, 5.74) is 5.60. The number of hydrogen-bond acceptors (Lipinski definition) is 6. The Labute approximate surface area is 175 Å². The number of aromatic nitrogens is 2. The Hall–Kier alpha value is -3.17. The van der Waals surface area contributed by atoms with Gasteiger partial charge in [-0.05, 0) is 67.9 Å². The molecule has 30 heavy (non-hydrogen) atoms. The van der Waals surface area contributed by atoms with Crippen molar-refractivity contribution in [1.29, 1.82) is 0 Å². The van der Waals surface area contributed by atoms with Crippen LogP contribution >= 0.6 is 0 Å². The number of sulfonamides is 1. The van der Waals surface area contributed by atoms with Gasteiger partial charge in [0.1, 0.15) is 5.75 Å². The number of rotatable bonds is 4. The second-order valence-corrected chi connectivity index (χ2v) is 8.97. The van der Waals surface area contributed by atoms with E-state index in [1.165, 1.54) is 12.1 Å². The van der Waals surface area contributed by atoms with Gasteiger partial charge in [-0.2, -0.15) is 10.2 Å². The Morgan fingerprint density at radius 3 is 2.23 bits per heavy atom. The summed E-state index contributed by atoms with van der Waals surface area (Å²) < 4.78 is 25.1. The first kappa shape index (κ1) is 20.1. The molecule has 0 spiro atoms. The van der Waals surface area contributed by atoms with Gasteiger partial charge in [-0.25, -0.2) is 13.6 Å². The molecular weight excluding hydrogens is 402 g/mol. The fourth-order valence-electron chi connectivity index (χ4n) is 3.86. The minimum absolute atomic E-state index is 0.0541. The molecule has 3 N–H and O–H groups in total. The highest BCUT2D eigenvalue weighted by Gasteiger charge is 2.33. The van der Waals surface area contributed by atoms with Crippen LogP contribution in [0.15, 0.2) is 58.5 Å². The molecule has 8 nitrogen and oxygen atoms in total. The van der Waals surface area contributed by atoms with E-state index in [0.29, 0.717) is 6.42 Å². The van der Waals surface area contributed by atoms with Gasteiger partial charge in [-0.15, -0.1) is 0 Å². The van der Waals surface area contributed by atoms with E-state index >= 15 is 0 Å². The molecule has 4 rings (SSSR count). The van der Waals surface area contributed by atoms with Crippen LogP contribution in [0.3, 0.4) is 0 Å². The zero-order chi connectivity index (χ0) is 21.6. The van der Waals surface area contributed by atoms with Crippen molar-refractivity contribution < 1.29 is 13.5 Å². The number of hydrogen-bond donors (Lipinski definition) is 2. The van der Waals surface area contributed by atoms with Crippen molar-refractivity contribution in [3.05, 3.63) is 71.0 Å². The number of aromatic hydroxyl groups is 1. The summed E-state index contributed by atoms with van der Waals surface area (Å²) in [5.74, 6) is 0.197. The van der Waals surface area contributed by atoms with E-state index in [2.05, 4.69) is 5.10 Å². The number of benzene rings is 2. The minimum atomic E-state index is -3.77. The van der Waals surface area contributed by atoms with E-state index in [-0.39, 0.29) is 16.7 Å². The van der Waals surface area contributed by atoms with Gasteiger partial charge in [-0.3, -0.25) is 9.69 Å². The molecule has 2 aromatic carbocycles. The van der Waals surface area contributed by atoms with Crippen LogP contribution in [0.1, 0.15) is 35.0 Å². The lowest BCUT2D eigenvalue weighted by Gasteiger charge is -2.24. The molecule has 1 aromatic heterocycles. The van der Waals surface area contributed by atoms with Gasteiger partial charge in [0.05, 0.1) is 28.0 Å². The lowest BCUT2D eigenvalue weighted by molar-refractivity contribution is 0.475. The number of hydrazone groups is 1. The van der Waals surface area contributed by atoms with Crippen molar-refractivity contribution >= 4 is 21.4 Å². The predicted molar refractivity (Wildman–Crippen MR) is 115 cm³/mol. The van der Waals surface area contributed by atoms with Crippen LogP contribution in [-0.4, -0.2) is 29.0 Å². The van der Waals surface area contributed by atoms with Crippen LogP contribution in [0.2, 0.25) is 0 Å². The predicted octanol–water partition coefficient (Wildman–Crippen LogP) is 2.75. The fourth-order valence-corrected chi connectivity index (χ4v) is 4.38. The van der Waals surface area contributed by atoms with E-state index in [9.17, 15) is 13.5 Å². The molecule has 0 saturated carbocycles. The quantitative estimate of drug-likeness (QED) is 0.667. The standard InChI is InChI=1S/C21H23N5O3S/c1-13-21(14(2)25(3)23-13)20-12-19(15-4-8-17(27)9-5-15)24-26(20)16-6-10-18(11-7-16)30(22,28)29/h4-11,20,27H,12H2,1-3H3,(H2,22,28,29)/t20-/m1/s1. The average Bonchev–Trinajstić information content (AvgIpc) is 3.22. The van der Waals surface area contributed by atoms with Crippen LogP contribution in [0.4, 0.5) is 5.69 Å². The summed E-state index contributed by atoms with van der Waals surface area (Å²) in [7, 11) is -1.86. The van der Waals surface area contributed by atoms with Crippen LogP contribution in [0, 0.1) is 13.8 Å². The number of nitrogens with two attached hydrogens (primary N) is 1. The fraction of sp³-hybridized carbons (Fsp3) is 0.238. The first-order valence-electron chi connectivity index (χ1n) is 9.44. The van der Waals surface area contributed by atoms with Crippen molar-refractivity contribution in [3.63, 3.8) is 0 Å². The maximum Gasteiger partial charge on any atom is 0.238 e. The molecule has 1 aliphatic rings. The van der Waals surface area contributed by atoms with Crippen LogP contribution in [0.25, 0.3) is 0 Å². The number of aryl methyl sites for hydroxylation is 2. The molecule has 9 heteroatoms. The van der Waals surface area contributed by atoms with Crippen molar-refractivity contribution in [2.45, 2.75) is 31.2 Å². The summed E-state index contributed by atoms with van der Waals surface area (Å²) in [6, 6.07) is 13.2. The third-order valence-corrected chi connectivity index (χ3v) is 6.37. The van der Waals surface area contributed by atoms with Gasteiger partial charge < -0.3 is 5.11 Å². The van der Waals surface area contributed by atoms with Gasteiger partial charge in [0.2, 0.25) is 10.0 Å². The summed E-state index contributed by atoms with van der Waals surface area (Å²) in [6.45, 7) is 4.00. The average molecular weight is 426 g/mol. The molecule has 0 fully saturated rings. The first-order chi connectivity index (χ1) is 14.1. The SMILES string of the molecule is Cc1nn(C)c(C)c1[C@H]1CC(c2ccc(O)cc2)=NN1c1ccc(S(N)(=O)=O)cc1. The summed E-state index contributed by atoms with van der Waals surface area (Å²) >= 11 is 0. The second-order valence-electron chi connectivity index (χ2n) is 7.41. The van der Waals surface area contributed by atoms with E-state index in [1.807, 2.05) is 42.7 Å². The number of phenols is 1. The van der Waals surface area contributed by atoms with Crippen molar-refractivity contribution in [3.8, 4) is 5.75 Å². The van der Waals surface area contributed by atoms with Crippen LogP contribution < -0.4 is 10.1 Å². The molecule has 3 aromatic rings. The molecule has 156 valence electrons. The second kappa shape index (κ2) is 7.26. The molecule has 0 saturated heterocycles. The lowest BCUT2D eigenvalue weighted by atomic mass is 9.96. The first-order valence-corrected chi connectivity index (χ1v) is 11.0. The third-order valence-electron chi connectivity index (χ3n) is 5.44. The Kier molecular flexibility index (Phi) is 4.87. The van der Waals surface area contributed by atoms with E-state index < -0.39 is 10.0 Å². The molecule has 1 aliphatic heterocycles. The highest BCUT2D eigenvalue weighted by atomic mass is 32.2. The molecule has 0 unspecified atom stereocenters. The molecule has 1 atom stereocenters. The largest absolute Gasteiger partial charge is 0.508 e. The maximum atomic E-state index is 11.6. The molecule has 0 aliphatic carbocycles. The van der Waals surface area contributed by atoms with Gasteiger partial charge in [-0.1, -0.05) is 0 Å². The Balaban J connectivity index is 1.80. The van der Waals surface area contributed by atoms with Crippen LogP contribution in [0.5, 0.6) is 5.75 Å². The van der Waals surface area contributed by atoms with Gasteiger partial charge >= 0.3 is 0 Å². The van der Waals surface area contributed by atoms with E-state index in [1.54, 1.807) is 24.3 Å². The maximum absolute atomic E-state index is 11.6. The molecular formula is C21H23N5O3S. The summed E-state index contributed by atoms with van der Waals surface area (Å²) in [6.07, 6.45) is 0.648. The van der Waals surface area contributed by atoms with Crippen molar-refractivity contribution in [1.82, 2.24) is 9.78 Å². The molecule has 0 bridgehead atoms. The van der Waals surface area contributed by atoms with Crippen molar-refractivity contribution in [2.75, 3.05) is 5.01 Å². The number of phenolic OH excluding ortho intramolecular Hbond substituents is 1. The summed E-state index contributed by atoms with van der Waals surface area (Å²) in [5, 5.41) is 26.1. The smallest absolute Gasteiger partial charge is 0.238 e. The summed E-state index contributed by atoms with van der Waals surface area (Å²) in [4.78, 5) is 0.0541. The van der Waals surface area contributed by atoms with Crippen molar-refractivity contribution in [2.24, 2.45) is 17.3 Å². The highest BCUT2D eigenvalue weighted by Crippen LogP contribution is 2.39. The zero-order valence-electron chi connectivity index (χ0n) is 16.9. The minimum Gasteiger partial charge on any atom is -0.508 e. The number of primary sulfonamides is 1. The van der Waals surface area contributed by atoms with Crippen LogP contribution in [-0.2, 0) is 17.1 Å². The Morgan fingerprint density at radius 2 is 1.70 bits per heavy atom. The van der Waals surface area contributed by atoms with E-state index in [4.69, 9.17) is 10.2 Å². The highest BCUT2D eigenvalue weighted by molar-refractivity contribution is 7.89. The van der Waals surface area contributed by atoms with Gasteiger partial charge in [0, 0.05) is 24.7 Å².